The van der Waals surface area contributed by atoms with Gasteiger partial charge in [-0.15, -0.1) is 0 Å². The number of rotatable bonds is 4. The van der Waals surface area contributed by atoms with Crippen LogP contribution in [0.15, 0.2) is 18.2 Å². The number of likely N-dealkylation sites (tertiary alicyclic amines) is 1. The zero-order valence-electron chi connectivity index (χ0n) is 13.0. The van der Waals surface area contributed by atoms with Crippen LogP contribution in [0.3, 0.4) is 0 Å². The van der Waals surface area contributed by atoms with Crippen molar-refractivity contribution in [2.45, 2.75) is 39.7 Å². The van der Waals surface area contributed by atoms with Crippen molar-refractivity contribution in [2.24, 2.45) is 5.41 Å². The number of hydrogen-bond donors (Lipinski definition) is 1. The van der Waals surface area contributed by atoms with Crippen LogP contribution in [0.1, 0.15) is 44.2 Å². The fourth-order valence-corrected chi connectivity index (χ4v) is 3.20. The van der Waals surface area contributed by atoms with Crippen LogP contribution < -0.4 is 0 Å². The van der Waals surface area contributed by atoms with E-state index < -0.39 is 0 Å². The fourth-order valence-electron chi connectivity index (χ4n) is 3.20. The number of benzene rings is 1. The molecule has 1 aliphatic heterocycles. The van der Waals surface area contributed by atoms with Crippen LogP contribution in [0, 0.1) is 23.1 Å². The second-order valence-electron chi connectivity index (χ2n) is 5.98. The molecule has 0 unspecified atom stereocenters. The van der Waals surface area contributed by atoms with E-state index in [1.807, 2.05) is 6.07 Å². The largest absolute Gasteiger partial charge is 0.384 e. The zero-order valence-corrected chi connectivity index (χ0v) is 13.0. The van der Waals surface area contributed by atoms with Gasteiger partial charge in [-0.05, 0) is 55.0 Å². The summed E-state index contributed by atoms with van der Waals surface area (Å²) in [5, 5.41) is 8.73. The van der Waals surface area contributed by atoms with Crippen molar-refractivity contribution in [3.63, 3.8) is 0 Å². The first kappa shape index (κ1) is 16.0. The highest BCUT2D eigenvalue weighted by atomic mass is 19.1. The topological polar surface area (TPSA) is 23.5 Å². The maximum absolute atomic E-state index is 13.7. The van der Waals surface area contributed by atoms with E-state index in [0.717, 1.165) is 25.2 Å². The Balaban J connectivity index is 2.08. The molecular weight excluding hydrogens is 265 g/mol. The van der Waals surface area contributed by atoms with E-state index in [1.54, 1.807) is 6.07 Å². The van der Waals surface area contributed by atoms with Gasteiger partial charge in [0.05, 0.1) is 0 Å². The molecule has 2 rings (SSSR count). The lowest BCUT2D eigenvalue weighted by Crippen LogP contribution is -2.26. The van der Waals surface area contributed by atoms with Gasteiger partial charge in [-0.3, -0.25) is 4.90 Å². The molecule has 3 heteroatoms. The SMILES string of the molecule is CCC1(CC)CCN(Cc2cc(F)cc(C#CCO)c2)C1. The third kappa shape index (κ3) is 4.06. The lowest BCUT2D eigenvalue weighted by molar-refractivity contribution is 0.236. The molecule has 0 aromatic heterocycles. The maximum Gasteiger partial charge on any atom is 0.124 e. The van der Waals surface area contributed by atoms with Crippen molar-refractivity contribution in [1.29, 1.82) is 0 Å². The molecule has 1 fully saturated rings. The minimum Gasteiger partial charge on any atom is -0.384 e. The number of aliphatic hydroxyl groups excluding tert-OH is 1. The number of halogens is 1. The fraction of sp³-hybridized carbons (Fsp3) is 0.556. The standard InChI is InChI=1S/C18H24FNO/c1-3-18(4-2)7-8-20(14-18)13-16-10-15(6-5-9-21)11-17(19)12-16/h10-12,21H,3-4,7-9,13-14H2,1-2H3. The highest BCUT2D eigenvalue weighted by molar-refractivity contribution is 5.37. The average Bonchev–Trinajstić information content (AvgIpc) is 2.88. The Morgan fingerprint density at radius 1 is 1.29 bits per heavy atom. The molecule has 0 amide bonds. The van der Waals surface area contributed by atoms with Gasteiger partial charge in [0.1, 0.15) is 12.4 Å². The first-order valence-electron chi connectivity index (χ1n) is 7.72. The van der Waals surface area contributed by atoms with Gasteiger partial charge in [0.2, 0.25) is 0 Å². The van der Waals surface area contributed by atoms with Crippen LogP contribution in [-0.4, -0.2) is 29.7 Å². The molecule has 0 bridgehead atoms. The molecule has 0 aliphatic carbocycles. The Labute approximate surface area is 127 Å². The molecule has 1 aliphatic rings. The zero-order chi connectivity index (χ0) is 15.3. The van der Waals surface area contributed by atoms with Crippen LogP contribution in [0.25, 0.3) is 0 Å². The molecule has 2 nitrogen and oxygen atoms in total. The number of aliphatic hydroxyl groups is 1. The van der Waals surface area contributed by atoms with Crippen LogP contribution in [0.5, 0.6) is 0 Å². The highest BCUT2D eigenvalue weighted by Gasteiger charge is 2.34. The van der Waals surface area contributed by atoms with Gasteiger partial charge in [-0.1, -0.05) is 25.7 Å². The smallest absolute Gasteiger partial charge is 0.124 e. The summed E-state index contributed by atoms with van der Waals surface area (Å²) in [5.74, 6) is 5.09. The first-order valence-corrected chi connectivity index (χ1v) is 7.72. The molecule has 1 N–H and O–H groups in total. The third-order valence-corrected chi connectivity index (χ3v) is 4.69. The van der Waals surface area contributed by atoms with E-state index in [0.29, 0.717) is 11.0 Å². The number of nitrogens with zero attached hydrogens (tertiary/aromatic N) is 1. The summed E-state index contributed by atoms with van der Waals surface area (Å²) >= 11 is 0. The van der Waals surface area contributed by atoms with Gasteiger partial charge >= 0.3 is 0 Å². The normalized spacial score (nSPS) is 17.5. The molecule has 114 valence electrons. The molecule has 1 heterocycles. The van der Waals surface area contributed by atoms with Crippen molar-refractivity contribution in [3.05, 3.63) is 35.1 Å². The molecule has 1 aromatic carbocycles. The van der Waals surface area contributed by atoms with E-state index >= 15 is 0 Å². The predicted molar refractivity (Wildman–Crippen MR) is 83.3 cm³/mol. The third-order valence-electron chi connectivity index (χ3n) is 4.69. The summed E-state index contributed by atoms with van der Waals surface area (Å²) in [6, 6.07) is 4.92. The van der Waals surface area contributed by atoms with Crippen molar-refractivity contribution in [2.75, 3.05) is 19.7 Å². The summed E-state index contributed by atoms with van der Waals surface area (Å²) < 4.78 is 13.7. The Kier molecular flexibility index (Phi) is 5.39. The molecule has 0 radical (unpaired) electrons. The van der Waals surface area contributed by atoms with Crippen molar-refractivity contribution < 1.29 is 9.50 Å². The lowest BCUT2D eigenvalue weighted by Gasteiger charge is -2.26. The van der Waals surface area contributed by atoms with Crippen molar-refractivity contribution in [3.8, 4) is 11.8 Å². The monoisotopic (exact) mass is 289 g/mol. The Morgan fingerprint density at radius 3 is 2.67 bits per heavy atom. The number of hydrogen-bond acceptors (Lipinski definition) is 2. The van der Waals surface area contributed by atoms with Crippen LogP contribution in [0.2, 0.25) is 0 Å². The van der Waals surface area contributed by atoms with Crippen molar-refractivity contribution in [1.82, 2.24) is 4.90 Å². The summed E-state index contributed by atoms with van der Waals surface area (Å²) in [4.78, 5) is 2.41. The van der Waals surface area contributed by atoms with Gasteiger partial charge in [-0.2, -0.15) is 0 Å². The molecule has 0 spiro atoms. The van der Waals surface area contributed by atoms with Crippen LogP contribution >= 0.6 is 0 Å². The second kappa shape index (κ2) is 7.06. The molecule has 21 heavy (non-hydrogen) atoms. The Hall–Kier alpha value is -1.37. The maximum atomic E-state index is 13.7. The van der Waals surface area contributed by atoms with E-state index in [1.165, 1.54) is 25.3 Å². The first-order chi connectivity index (χ1) is 10.1. The summed E-state index contributed by atoms with van der Waals surface area (Å²) in [6.07, 6.45) is 3.64. The Morgan fingerprint density at radius 2 is 2.05 bits per heavy atom. The molecular formula is C18H24FNO. The van der Waals surface area contributed by atoms with Gasteiger partial charge in [0.15, 0.2) is 0 Å². The van der Waals surface area contributed by atoms with Crippen molar-refractivity contribution >= 4 is 0 Å². The molecule has 0 atom stereocenters. The van der Waals surface area contributed by atoms with E-state index in [2.05, 4.69) is 30.6 Å². The highest BCUT2D eigenvalue weighted by Crippen LogP contribution is 2.37. The summed E-state index contributed by atoms with van der Waals surface area (Å²) in [7, 11) is 0. The lowest BCUT2D eigenvalue weighted by atomic mass is 9.82. The quantitative estimate of drug-likeness (QED) is 0.861. The molecule has 1 saturated heterocycles. The Bertz CT molecular complexity index is 540. The van der Waals surface area contributed by atoms with E-state index in [-0.39, 0.29) is 12.4 Å². The van der Waals surface area contributed by atoms with Gasteiger partial charge in [0, 0.05) is 18.7 Å². The van der Waals surface area contributed by atoms with Gasteiger partial charge in [-0.25, -0.2) is 4.39 Å². The molecule has 1 aromatic rings. The summed E-state index contributed by atoms with van der Waals surface area (Å²) in [6.45, 7) is 7.26. The minimum absolute atomic E-state index is 0.201. The average molecular weight is 289 g/mol. The molecule has 0 saturated carbocycles. The van der Waals surface area contributed by atoms with Crippen LogP contribution in [-0.2, 0) is 6.54 Å². The van der Waals surface area contributed by atoms with Crippen LogP contribution in [0.4, 0.5) is 4.39 Å². The minimum atomic E-state index is -0.258. The van der Waals surface area contributed by atoms with Gasteiger partial charge in [0.25, 0.3) is 0 Å². The van der Waals surface area contributed by atoms with Gasteiger partial charge < -0.3 is 5.11 Å². The predicted octanol–water partition coefficient (Wildman–Crippen LogP) is 3.18. The van der Waals surface area contributed by atoms with E-state index in [4.69, 9.17) is 5.11 Å². The van der Waals surface area contributed by atoms with E-state index in [9.17, 15) is 4.39 Å². The second-order valence-corrected chi connectivity index (χ2v) is 5.98. The summed E-state index contributed by atoms with van der Waals surface area (Å²) in [5.41, 5.74) is 2.03.